The van der Waals surface area contributed by atoms with Gasteiger partial charge >= 0.3 is 6.18 Å². The highest BCUT2D eigenvalue weighted by Crippen LogP contribution is 2.36. The number of piperidine rings is 1. The van der Waals surface area contributed by atoms with Crippen molar-refractivity contribution >= 4 is 28.9 Å². The average molecular weight is 452 g/mol. The molecule has 160 valence electrons. The molecular weight excluding hydrogens is 430 g/mol. The van der Waals surface area contributed by atoms with Gasteiger partial charge in [0.25, 0.3) is 0 Å². The summed E-state index contributed by atoms with van der Waals surface area (Å²) in [6, 6.07) is 5.43. The molecule has 5 nitrogen and oxygen atoms in total. The first kappa shape index (κ1) is 22.1. The van der Waals surface area contributed by atoms with Crippen LogP contribution in [-0.4, -0.2) is 41.2 Å². The Morgan fingerprint density at radius 2 is 1.93 bits per heavy atom. The van der Waals surface area contributed by atoms with Crippen LogP contribution in [0.15, 0.2) is 18.2 Å². The monoisotopic (exact) mass is 451 g/mol. The largest absolute Gasteiger partial charge is 0.497 e. The number of alkyl halides is 3. The van der Waals surface area contributed by atoms with Gasteiger partial charge in [-0.05, 0) is 37.8 Å². The maximum absolute atomic E-state index is 13.0. The van der Waals surface area contributed by atoms with Crippen LogP contribution in [0.2, 0.25) is 10.0 Å². The second kappa shape index (κ2) is 8.62. The van der Waals surface area contributed by atoms with Gasteiger partial charge in [-0.3, -0.25) is 4.68 Å². The summed E-state index contributed by atoms with van der Waals surface area (Å²) in [7, 11) is 1.59. The molecule has 0 spiro atoms. The Hall–Kier alpha value is -1.64. The SMILES string of the molecule is COc1ccc(Cl)c(N2CCC(C(O)Cn3nc(C(F)(F)F)c(Cl)c3C)CC2)c1. The number of ether oxygens (including phenoxy) is 1. The average Bonchev–Trinajstić information content (AvgIpc) is 2.97. The van der Waals surface area contributed by atoms with E-state index in [1.807, 2.05) is 6.07 Å². The molecule has 2 aromatic rings. The topological polar surface area (TPSA) is 50.5 Å². The Bertz CT molecular complexity index is 865. The van der Waals surface area contributed by atoms with E-state index in [1.54, 1.807) is 19.2 Å². The summed E-state index contributed by atoms with van der Waals surface area (Å²) < 4.78 is 45.3. The molecule has 3 rings (SSSR count). The lowest BCUT2D eigenvalue weighted by Gasteiger charge is -2.36. The van der Waals surface area contributed by atoms with Crippen molar-refractivity contribution in [1.82, 2.24) is 9.78 Å². The summed E-state index contributed by atoms with van der Waals surface area (Å²) >= 11 is 12.1. The predicted octanol–water partition coefficient (Wildman–Crippen LogP) is 4.80. The van der Waals surface area contributed by atoms with Gasteiger partial charge in [0.05, 0.1) is 41.2 Å². The maximum Gasteiger partial charge on any atom is 0.436 e. The number of benzene rings is 1. The van der Waals surface area contributed by atoms with E-state index in [1.165, 1.54) is 6.92 Å². The van der Waals surface area contributed by atoms with Gasteiger partial charge in [-0.25, -0.2) is 0 Å². The van der Waals surface area contributed by atoms with Gasteiger partial charge in [-0.2, -0.15) is 18.3 Å². The van der Waals surface area contributed by atoms with E-state index in [4.69, 9.17) is 27.9 Å². The molecule has 1 saturated heterocycles. The van der Waals surface area contributed by atoms with E-state index in [0.717, 1.165) is 10.4 Å². The molecule has 2 heterocycles. The number of nitrogens with zero attached hydrogens (tertiary/aromatic N) is 3. The minimum absolute atomic E-state index is 0.0355. The Labute approximate surface area is 177 Å². The summed E-state index contributed by atoms with van der Waals surface area (Å²) in [4.78, 5) is 2.12. The number of aliphatic hydroxyl groups is 1. The molecule has 0 bridgehead atoms. The molecule has 1 aromatic carbocycles. The number of rotatable bonds is 5. The number of halogens is 5. The van der Waals surface area contributed by atoms with Crippen molar-refractivity contribution in [2.45, 2.75) is 38.6 Å². The second-order valence-electron chi connectivity index (χ2n) is 7.14. The molecule has 0 amide bonds. The standard InChI is InChI=1S/C19H22Cl2F3N3O2/c1-11-17(21)18(19(22,23)24)25-27(11)10-16(28)12-5-7-26(8-6-12)15-9-13(29-2)3-4-14(15)20/h3-4,9,12,16,28H,5-8,10H2,1-2H3. The van der Waals surface area contributed by atoms with Gasteiger partial charge in [0, 0.05) is 19.2 Å². The highest BCUT2D eigenvalue weighted by Gasteiger charge is 2.38. The lowest BCUT2D eigenvalue weighted by Crippen LogP contribution is -2.39. The van der Waals surface area contributed by atoms with Crippen LogP contribution in [0.4, 0.5) is 18.9 Å². The van der Waals surface area contributed by atoms with E-state index < -0.39 is 23.0 Å². The Kier molecular flexibility index (Phi) is 6.55. The quantitative estimate of drug-likeness (QED) is 0.708. The van der Waals surface area contributed by atoms with Crippen LogP contribution in [0.1, 0.15) is 24.2 Å². The molecule has 1 N–H and O–H groups in total. The molecule has 0 radical (unpaired) electrons. The molecule has 1 aliphatic rings. The van der Waals surface area contributed by atoms with Crippen LogP contribution in [-0.2, 0) is 12.7 Å². The maximum atomic E-state index is 13.0. The first-order chi connectivity index (χ1) is 13.6. The van der Waals surface area contributed by atoms with Gasteiger partial charge in [-0.1, -0.05) is 23.2 Å². The third kappa shape index (κ3) is 4.75. The third-order valence-corrected chi connectivity index (χ3v) is 6.11. The van der Waals surface area contributed by atoms with Crippen LogP contribution in [0.25, 0.3) is 0 Å². The molecule has 1 fully saturated rings. The van der Waals surface area contributed by atoms with Crippen molar-refractivity contribution in [3.63, 3.8) is 0 Å². The lowest BCUT2D eigenvalue weighted by atomic mass is 9.91. The minimum atomic E-state index is -4.63. The summed E-state index contributed by atoms with van der Waals surface area (Å²) in [5, 5.41) is 14.4. The number of hydrogen-bond donors (Lipinski definition) is 1. The van der Waals surface area contributed by atoms with Crippen molar-refractivity contribution in [2.24, 2.45) is 5.92 Å². The first-order valence-electron chi connectivity index (χ1n) is 9.18. The summed E-state index contributed by atoms with van der Waals surface area (Å²) in [5.74, 6) is 0.644. The van der Waals surface area contributed by atoms with E-state index in [0.29, 0.717) is 36.7 Å². The van der Waals surface area contributed by atoms with E-state index >= 15 is 0 Å². The van der Waals surface area contributed by atoms with Crippen LogP contribution in [0, 0.1) is 12.8 Å². The zero-order valence-corrected chi connectivity index (χ0v) is 17.5. The fraction of sp³-hybridized carbons (Fsp3) is 0.526. The Balaban J connectivity index is 1.65. The van der Waals surface area contributed by atoms with Gasteiger partial charge in [0.15, 0.2) is 5.69 Å². The second-order valence-corrected chi connectivity index (χ2v) is 7.92. The molecule has 1 unspecified atom stereocenters. The number of aliphatic hydroxyl groups excluding tert-OH is 1. The van der Waals surface area contributed by atoms with Gasteiger partial charge in [0.1, 0.15) is 5.75 Å². The molecular formula is C19H22Cl2F3N3O2. The Morgan fingerprint density at radius 1 is 1.28 bits per heavy atom. The van der Waals surface area contributed by atoms with Crippen molar-refractivity contribution in [3.05, 3.63) is 39.6 Å². The highest BCUT2D eigenvalue weighted by molar-refractivity contribution is 6.33. The Morgan fingerprint density at radius 3 is 2.48 bits per heavy atom. The predicted molar refractivity (Wildman–Crippen MR) is 106 cm³/mol. The van der Waals surface area contributed by atoms with E-state index in [9.17, 15) is 18.3 Å². The summed E-state index contributed by atoms with van der Waals surface area (Å²) in [5.41, 5.74) is -0.0616. The zero-order chi connectivity index (χ0) is 21.3. The minimum Gasteiger partial charge on any atom is -0.497 e. The molecule has 0 saturated carbocycles. The van der Waals surface area contributed by atoms with Crippen LogP contribution in [0.3, 0.4) is 0 Å². The first-order valence-corrected chi connectivity index (χ1v) is 9.94. The number of anilines is 1. The zero-order valence-electron chi connectivity index (χ0n) is 16.0. The van der Waals surface area contributed by atoms with E-state index in [-0.39, 0.29) is 18.2 Å². The van der Waals surface area contributed by atoms with Crippen LogP contribution < -0.4 is 9.64 Å². The van der Waals surface area contributed by atoms with Crippen molar-refractivity contribution < 1.29 is 23.0 Å². The van der Waals surface area contributed by atoms with Crippen molar-refractivity contribution in [3.8, 4) is 5.75 Å². The highest BCUT2D eigenvalue weighted by atomic mass is 35.5. The van der Waals surface area contributed by atoms with E-state index in [2.05, 4.69) is 10.00 Å². The van der Waals surface area contributed by atoms with Crippen LogP contribution >= 0.6 is 23.2 Å². The fourth-order valence-corrected chi connectivity index (χ4v) is 4.08. The molecule has 1 aliphatic heterocycles. The molecule has 10 heteroatoms. The van der Waals surface area contributed by atoms with Crippen LogP contribution in [0.5, 0.6) is 5.75 Å². The number of hydrogen-bond acceptors (Lipinski definition) is 4. The normalized spacial score (nSPS) is 16.9. The number of methoxy groups -OCH3 is 1. The molecule has 0 aliphatic carbocycles. The molecule has 29 heavy (non-hydrogen) atoms. The van der Waals surface area contributed by atoms with Crippen molar-refractivity contribution in [2.75, 3.05) is 25.1 Å². The van der Waals surface area contributed by atoms with Gasteiger partial charge in [-0.15, -0.1) is 0 Å². The molecule has 1 aromatic heterocycles. The fourth-order valence-electron chi connectivity index (χ4n) is 3.60. The van der Waals surface area contributed by atoms with Gasteiger partial charge in [0.2, 0.25) is 0 Å². The lowest BCUT2D eigenvalue weighted by molar-refractivity contribution is -0.141. The third-order valence-electron chi connectivity index (χ3n) is 5.34. The van der Waals surface area contributed by atoms with Gasteiger partial charge < -0.3 is 14.7 Å². The summed E-state index contributed by atoms with van der Waals surface area (Å²) in [6.45, 7) is 2.76. The molecule has 1 atom stereocenters. The summed E-state index contributed by atoms with van der Waals surface area (Å²) in [6.07, 6.45) is -4.10. The smallest absolute Gasteiger partial charge is 0.436 e. The van der Waals surface area contributed by atoms with Crippen molar-refractivity contribution in [1.29, 1.82) is 0 Å². The number of aromatic nitrogens is 2.